The third kappa shape index (κ3) is 3.63. The van der Waals surface area contributed by atoms with Gasteiger partial charge in [0.25, 0.3) is 5.91 Å². The van der Waals surface area contributed by atoms with Crippen molar-refractivity contribution in [1.29, 1.82) is 0 Å². The van der Waals surface area contributed by atoms with Crippen molar-refractivity contribution in [3.63, 3.8) is 0 Å². The standard InChI is InChI=1S/C15H17N3O4/c1-9-13(15(21)16-7-6-12(19)20)18-14(17-9)10-4-3-5-11(8-10)22-2/h3-5,8H,6-7H2,1-2H3,(H,16,21)(H,17,18)(H,19,20). The van der Waals surface area contributed by atoms with E-state index in [-0.39, 0.29) is 18.7 Å². The first-order valence-corrected chi connectivity index (χ1v) is 6.72. The lowest BCUT2D eigenvalue weighted by molar-refractivity contribution is -0.136. The predicted octanol–water partition coefficient (Wildman–Crippen LogP) is 1.60. The molecule has 2 rings (SSSR count). The lowest BCUT2D eigenvalue weighted by Gasteiger charge is -2.02. The Bertz CT molecular complexity index is 694. The number of aromatic amines is 1. The van der Waals surface area contributed by atoms with Gasteiger partial charge in [-0.1, -0.05) is 12.1 Å². The minimum Gasteiger partial charge on any atom is -0.497 e. The molecule has 1 heterocycles. The molecule has 0 aliphatic heterocycles. The normalized spacial score (nSPS) is 10.3. The number of carboxylic acid groups (broad SMARTS) is 1. The molecule has 7 nitrogen and oxygen atoms in total. The molecule has 22 heavy (non-hydrogen) atoms. The minimum absolute atomic E-state index is 0.0644. The Morgan fingerprint density at radius 1 is 1.41 bits per heavy atom. The SMILES string of the molecule is COc1cccc(-c2nc(C(=O)NCCC(=O)O)c(C)[nH]2)c1. The number of nitrogens with one attached hydrogen (secondary N) is 2. The molecule has 0 atom stereocenters. The number of hydrogen-bond donors (Lipinski definition) is 3. The van der Waals surface area contributed by atoms with Crippen LogP contribution in [0, 0.1) is 6.92 Å². The number of benzene rings is 1. The number of imidazole rings is 1. The highest BCUT2D eigenvalue weighted by Gasteiger charge is 2.16. The number of ether oxygens (including phenoxy) is 1. The minimum atomic E-state index is -0.962. The van der Waals surface area contributed by atoms with Crippen molar-refractivity contribution in [1.82, 2.24) is 15.3 Å². The molecule has 2 aromatic rings. The molecule has 0 spiro atoms. The lowest BCUT2D eigenvalue weighted by atomic mass is 10.2. The van der Waals surface area contributed by atoms with Crippen LogP contribution in [0.25, 0.3) is 11.4 Å². The van der Waals surface area contributed by atoms with Gasteiger partial charge < -0.3 is 20.1 Å². The summed E-state index contributed by atoms with van der Waals surface area (Å²) in [4.78, 5) is 29.8. The van der Waals surface area contributed by atoms with E-state index in [0.717, 1.165) is 5.56 Å². The summed E-state index contributed by atoms with van der Waals surface area (Å²) in [5, 5.41) is 11.1. The number of rotatable bonds is 6. The molecule has 0 fully saturated rings. The molecule has 0 saturated heterocycles. The van der Waals surface area contributed by atoms with Gasteiger partial charge in [-0.2, -0.15) is 0 Å². The van der Waals surface area contributed by atoms with Gasteiger partial charge in [-0.3, -0.25) is 9.59 Å². The van der Waals surface area contributed by atoms with Crippen LogP contribution < -0.4 is 10.1 Å². The van der Waals surface area contributed by atoms with Crippen LogP contribution in [0.3, 0.4) is 0 Å². The molecule has 0 saturated carbocycles. The molecule has 7 heteroatoms. The van der Waals surface area contributed by atoms with Crippen LogP contribution in [0.2, 0.25) is 0 Å². The van der Waals surface area contributed by atoms with Crippen LogP contribution in [-0.4, -0.2) is 40.6 Å². The molecule has 0 radical (unpaired) electrons. The molecule has 3 N–H and O–H groups in total. The maximum Gasteiger partial charge on any atom is 0.305 e. The van der Waals surface area contributed by atoms with Crippen LogP contribution in [0.4, 0.5) is 0 Å². The Morgan fingerprint density at radius 2 is 2.18 bits per heavy atom. The maximum atomic E-state index is 12.0. The molecule has 116 valence electrons. The van der Waals surface area contributed by atoms with Gasteiger partial charge in [0.05, 0.1) is 13.5 Å². The number of methoxy groups -OCH3 is 1. The monoisotopic (exact) mass is 303 g/mol. The average molecular weight is 303 g/mol. The Hall–Kier alpha value is -2.83. The van der Waals surface area contributed by atoms with E-state index >= 15 is 0 Å². The van der Waals surface area contributed by atoms with Gasteiger partial charge in [0.1, 0.15) is 17.3 Å². The summed E-state index contributed by atoms with van der Waals surface area (Å²) in [5.74, 6) is -0.112. The summed E-state index contributed by atoms with van der Waals surface area (Å²) in [7, 11) is 1.58. The average Bonchev–Trinajstić information content (AvgIpc) is 2.89. The third-order valence-corrected chi connectivity index (χ3v) is 3.07. The van der Waals surface area contributed by atoms with Crippen molar-refractivity contribution in [2.45, 2.75) is 13.3 Å². The first-order valence-electron chi connectivity index (χ1n) is 6.72. The number of amides is 1. The summed E-state index contributed by atoms with van der Waals surface area (Å²) in [5.41, 5.74) is 1.67. The topological polar surface area (TPSA) is 104 Å². The van der Waals surface area contributed by atoms with Gasteiger partial charge in [-0.15, -0.1) is 0 Å². The summed E-state index contributed by atoms with van der Waals surface area (Å²) in [6.07, 6.45) is -0.127. The van der Waals surface area contributed by atoms with Gasteiger partial charge in [0.2, 0.25) is 0 Å². The number of aliphatic carboxylic acids is 1. The maximum absolute atomic E-state index is 12.0. The van der Waals surface area contributed by atoms with E-state index in [1.807, 2.05) is 24.3 Å². The summed E-state index contributed by atoms with van der Waals surface area (Å²) < 4.78 is 5.16. The largest absolute Gasteiger partial charge is 0.497 e. The number of aryl methyl sites for hydroxylation is 1. The fourth-order valence-electron chi connectivity index (χ4n) is 1.96. The van der Waals surface area contributed by atoms with Crippen molar-refractivity contribution in [2.24, 2.45) is 0 Å². The van der Waals surface area contributed by atoms with Crippen LogP contribution in [0.15, 0.2) is 24.3 Å². The zero-order valence-electron chi connectivity index (χ0n) is 12.3. The van der Waals surface area contributed by atoms with Gasteiger partial charge >= 0.3 is 5.97 Å². The van der Waals surface area contributed by atoms with E-state index in [4.69, 9.17) is 9.84 Å². The summed E-state index contributed by atoms with van der Waals surface area (Å²) in [6.45, 7) is 1.80. The van der Waals surface area contributed by atoms with Gasteiger partial charge in [-0.05, 0) is 19.1 Å². The Kier molecular flexibility index (Phi) is 4.77. The summed E-state index contributed by atoms with van der Waals surface area (Å²) >= 11 is 0. The zero-order chi connectivity index (χ0) is 16.1. The Morgan fingerprint density at radius 3 is 2.86 bits per heavy atom. The van der Waals surface area contributed by atoms with Crippen molar-refractivity contribution < 1.29 is 19.4 Å². The Balaban J connectivity index is 2.16. The molecule has 1 amide bonds. The van der Waals surface area contributed by atoms with E-state index < -0.39 is 11.9 Å². The third-order valence-electron chi connectivity index (χ3n) is 3.07. The zero-order valence-corrected chi connectivity index (χ0v) is 12.3. The van der Waals surface area contributed by atoms with E-state index in [0.29, 0.717) is 17.3 Å². The lowest BCUT2D eigenvalue weighted by Crippen LogP contribution is -2.26. The first-order chi connectivity index (χ1) is 10.5. The van der Waals surface area contributed by atoms with Crippen LogP contribution in [-0.2, 0) is 4.79 Å². The second-order valence-electron chi connectivity index (χ2n) is 4.69. The summed E-state index contributed by atoms with van der Waals surface area (Å²) in [6, 6.07) is 7.31. The second kappa shape index (κ2) is 6.75. The first kappa shape index (κ1) is 15.6. The fraction of sp³-hybridized carbons (Fsp3) is 0.267. The molecule has 0 aliphatic rings. The van der Waals surface area contributed by atoms with E-state index in [2.05, 4.69) is 15.3 Å². The highest BCUT2D eigenvalue weighted by molar-refractivity contribution is 5.94. The van der Waals surface area contributed by atoms with E-state index in [1.165, 1.54) is 0 Å². The second-order valence-corrected chi connectivity index (χ2v) is 4.69. The van der Waals surface area contributed by atoms with Gasteiger partial charge in [-0.25, -0.2) is 4.98 Å². The quantitative estimate of drug-likeness (QED) is 0.752. The molecule has 0 unspecified atom stereocenters. The molecule has 1 aromatic heterocycles. The van der Waals surface area contributed by atoms with Crippen molar-refractivity contribution in [3.8, 4) is 17.1 Å². The van der Waals surface area contributed by atoms with Gasteiger partial charge in [0, 0.05) is 17.8 Å². The molecule has 0 bridgehead atoms. The van der Waals surface area contributed by atoms with E-state index in [9.17, 15) is 9.59 Å². The Labute approximate surface area is 127 Å². The van der Waals surface area contributed by atoms with E-state index in [1.54, 1.807) is 14.0 Å². The number of hydrogen-bond acceptors (Lipinski definition) is 4. The number of H-pyrrole nitrogens is 1. The molecular formula is C15H17N3O4. The number of aromatic nitrogens is 2. The highest BCUT2D eigenvalue weighted by atomic mass is 16.5. The highest BCUT2D eigenvalue weighted by Crippen LogP contribution is 2.22. The molecular weight excluding hydrogens is 286 g/mol. The predicted molar refractivity (Wildman–Crippen MR) is 79.9 cm³/mol. The van der Waals surface area contributed by atoms with Crippen molar-refractivity contribution >= 4 is 11.9 Å². The van der Waals surface area contributed by atoms with Crippen LogP contribution in [0.5, 0.6) is 5.75 Å². The number of carboxylic acids is 1. The molecule has 0 aliphatic carbocycles. The molecule has 1 aromatic carbocycles. The van der Waals surface area contributed by atoms with Crippen molar-refractivity contribution in [3.05, 3.63) is 35.7 Å². The number of nitrogens with zero attached hydrogens (tertiary/aromatic N) is 1. The van der Waals surface area contributed by atoms with Gasteiger partial charge in [0.15, 0.2) is 0 Å². The van der Waals surface area contributed by atoms with Crippen LogP contribution in [0.1, 0.15) is 22.6 Å². The van der Waals surface area contributed by atoms with Crippen molar-refractivity contribution in [2.75, 3.05) is 13.7 Å². The number of carbonyl (C=O) groups excluding carboxylic acids is 1. The van der Waals surface area contributed by atoms with Crippen LogP contribution >= 0.6 is 0 Å². The number of carbonyl (C=O) groups is 2. The fourth-order valence-corrected chi connectivity index (χ4v) is 1.96. The smallest absolute Gasteiger partial charge is 0.305 e.